The molecule has 2 aliphatic heterocycles. The van der Waals surface area contributed by atoms with Crippen LogP contribution in [0.2, 0.25) is 0 Å². The molecule has 5 rings (SSSR count). The summed E-state index contributed by atoms with van der Waals surface area (Å²) < 4.78 is 11.1. The van der Waals surface area contributed by atoms with Crippen molar-refractivity contribution in [2.24, 2.45) is 5.92 Å². The highest BCUT2D eigenvalue weighted by Gasteiger charge is 2.35. The number of hydrogen-bond acceptors (Lipinski definition) is 7. The van der Waals surface area contributed by atoms with E-state index in [9.17, 15) is 9.59 Å². The van der Waals surface area contributed by atoms with E-state index in [1.807, 2.05) is 36.6 Å². The molecule has 4 heterocycles. The minimum atomic E-state index is -0.374. The number of amides is 2. The van der Waals surface area contributed by atoms with Crippen LogP contribution in [-0.4, -0.2) is 36.6 Å². The van der Waals surface area contributed by atoms with Crippen molar-refractivity contribution >= 4 is 40.2 Å². The lowest BCUT2D eigenvalue weighted by Gasteiger charge is -2.22. The van der Waals surface area contributed by atoms with Crippen LogP contribution in [0.4, 0.5) is 5.69 Å². The second kappa shape index (κ2) is 8.32. The second-order valence-electron chi connectivity index (χ2n) is 7.47. The summed E-state index contributed by atoms with van der Waals surface area (Å²) in [5.74, 6) is 0.774. The van der Waals surface area contributed by atoms with Crippen LogP contribution in [-0.2, 0) is 16.1 Å². The fourth-order valence-corrected chi connectivity index (χ4v) is 5.33. The quantitative estimate of drug-likeness (QED) is 0.636. The van der Waals surface area contributed by atoms with E-state index in [2.05, 4.69) is 10.3 Å². The molecule has 2 aromatic heterocycles. The normalized spacial score (nSPS) is 17.8. The number of benzene rings is 1. The highest BCUT2D eigenvalue weighted by Crippen LogP contribution is 2.36. The van der Waals surface area contributed by atoms with E-state index < -0.39 is 0 Å². The van der Waals surface area contributed by atoms with E-state index in [1.165, 1.54) is 0 Å². The van der Waals surface area contributed by atoms with E-state index in [0.717, 1.165) is 26.1 Å². The first-order valence-corrected chi connectivity index (χ1v) is 11.8. The molecule has 3 aromatic rings. The topological polar surface area (TPSA) is 80.8 Å². The van der Waals surface area contributed by atoms with E-state index in [-0.39, 0.29) is 24.2 Å². The zero-order valence-electron chi connectivity index (χ0n) is 16.9. The predicted octanol–water partition coefficient (Wildman–Crippen LogP) is 3.62. The third kappa shape index (κ3) is 4.15. The summed E-state index contributed by atoms with van der Waals surface area (Å²) in [5.41, 5.74) is 1.70. The third-order valence-corrected chi connectivity index (χ3v) is 7.18. The SMILES string of the molecule is Cc1nc(-c2ccc(CNC(=O)C3CC(=O)N(c4ccc5c(c4)OCCO5)C3)s2)cs1. The highest BCUT2D eigenvalue weighted by atomic mass is 32.1. The molecule has 7 nitrogen and oxygen atoms in total. The fraction of sp³-hybridized carbons (Fsp3) is 0.318. The van der Waals surface area contributed by atoms with Gasteiger partial charge in [-0.1, -0.05) is 0 Å². The number of hydrogen-bond donors (Lipinski definition) is 1. The van der Waals surface area contributed by atoms with Crippen LogP contribution in [0.1, 0.15) is 16.3 Å². The highest BCUT2D eigenvalue weighted by molar-refractivity contribution is 7.16. The van der Waals surface area contributed by atoms with Crippen LogP contribution in [0, 0.1) is 12.8 Å². The average molecular weight is 456 g/mol. The Morgan fingerprint density at radius 1 is 1.23 bits per heavy atom. The van der Waals surface area contributed by atoms with Crippen molar-refractivity contribution in [1.82, 2.24) is 10.3 Å². The largest absolute Gasteiger partial charge is 0.486 e. The molecule has 1 N–H and O–H groups in total. The molecule has 0 bridgehead atoms. The van der Waals surface area contributed by atoms with Crippen LogP contribution in [0.15, 0.2) is 35.7 Å². The van der Waals surface area contributed by atoms with Gasteiger partial charge in [-0.2, -0.15) is 0 Å². The van der Waals surface area contributed by atoms with E-state index in [0.29, 0.717) is 37.8 Å². The molecular weight excluding hydrogens is 434 g/mol. The number of carbonyl (C=O) groups excluding carboxylic acids is 2. The maximum atomic E-state index is 12.7. The van der Waals surface area contributed by atoms with Crippen molar-refractivity contribution in [3.63, 3.8) is 0 Å². The molecule has 1 unspecified atom stereocenters. The number of aryl methyl sites for hydroxylation is 1. The Morgan fingerprint density at radius 2 is 2.06 bits per heavy atom. The lowest BCUT2D eigenvalue weighted by atomic mass is 10.1. The number of fused-ring (bicyclic) bond motifs is 1. The number of nitrogens with one attached hydrogen (secondary N) is 1. The lowest BCUT2D eigenvalue weighted by molar-refractivity contribution is -0.126. The molecule has 0 radical (unpaired) electrons. The zero-order chi connectivity index (χ0) is 21.4. The Kier molecular flexibility index (Phi) is 5.37. The Bertz CT molecular complexity index is 1140. The molecule has 1 aromatic carbocycles. The van der Waals surface area contributed by atoms with Gasteiger partial charge in [-0.25, -0.2) is 4.98 Å². The maximum absolute atomic E-state index is 12.7. The van der Waals surface area contributed by atoms with Gasteiger partial charge >= 0.3 is 0 Å². The fourth-order valence-electron chi connectivity index (χ4n) is 3.74. The van der Waals surface area contributed by atoms with Gasteiger partial charge in [-0.05, 0) is 31.2 Å². The summed E-state index contributed by atoms with van der Waals surface area (Å²) in [6.07, 6.45) is 0.202. The van der Waals surface area contributed by atoms with Crippen LogP contribution < -0.4 is 19.7 Å². The van der Waals surface area contributed by atoms with E-state index in [1.54, 1.807) is 33.6 Å². The monoisotopic (exact) mass is 455 g/mol. The number of anilines is 1. The van der Waals surface area contributed by atoms with Crippen molar-refractivity contribution < 1.29 is 19.1 Å². The van der Waals surface area contributed by atoms with Crippen LogP contribution in [0.25, 0.3) is 10.6 Å². The first kappa shape index (κ1) is 20.0. The predicted molar refractivity (Wildman–Crippen MR) is 120 cm³/mol. The van der Waals surface area contributed by atoms with Crippen LogP contribution in [0.5, 0.6) is 11.5 Å². The molecule has 2 amide bonds. The van der Waals surface area contributed by atoms with Crippen LogP contribution in [0.3, 0.4) is 0 Å². The number of rotatable bonds is 5. The lowest BCUT2D eigenvalue weighted by Crippen LogP contribution is -2.32. The second-order valence-corrected chi connectivity index (χ2v) is 9.70. The summed E-state index contributed by atoms with van der Waals surface area (Å²) in [4.78, 5) is 33.6. The smallest absolute Gasteiger partial charge is 0.227 e. The molecule has 0 spiro atoms. The number of thiazole rings is 1. The molecule has 160 valence electrons. The van der Waals surface area contributed by atoms with Crippen molar-refractivity contribution in [3.05, 3.63) is 45.6 Å². The maximum Gasteiger partial charge on any atom is 0.227 e. The first-order chi connectivity index (χ1) is 15.1. The number of ether oxygens (including phenoxy) is 2. The van der Waals surface area contributed by atoms with Crippen molar-refractivity contribution in [3.8, 4) is 22.1 Å². The van der Waals surface area contributed by atoms with Gasteiger partial charge in [0, 0.05) is 35.0 Å². The average Bonchev–Trinajstić information content (AvgIpc) is 3.51. The van der Waals surface area contributed by atoms with Crippen molar-refractivity contribution in [1.29, 1.82) is 0 Å². The van der Waals surface area contributed by atoms with Gasteiger partial charge in [-0.3, -0.25) is 9.59 Å². The summed E-state index contributed by atoms with van der Waals surface area (Å²) >= 11 is 3.25. The molecule has 2 aliphatic rings. The molecule has 1 saturated heterocycles. The molecular formula is C22H21N3O4S2. The molecule has 0 saturated carbocycles. The summed E-state index contributed by atoms with van der Waals surface area (Å²) in [7, 11) is 0. The van der Waals surface area contributed by atoms with Gasteiger partial charge in [0.1, 0.15) is 13.2 Å². The molecule has 0 aliphatic carbocycles. The van der Waals surface area contributed by atoms with Gasteiger partial charge in [-0.15, -0.1) is 22.7 Å². The Hall–Kier alpha value is -2.91. The van der Waals surface area contributed by atoms with E-state index in [4.69, 9.17) is 9.47 Å². The molecule has 9 heteroatoms. The number of thiophene rings is 1. The van der Waals surface area contributed by atoms with Crippen LogP contribution >= 0.6 is 22.7 Å². The Labute approximate surface area is 187 Å². The van der Waals surface area contributed by atoms with Gasteiger partial charge in [0.05, 0.1) is 28.0 Å². The van der Waals surface area contributed by atoms with Crippen molar-refractivity contribution in [2.45, 2.75) is 19.9 Å². The van der Waals surface area contributed by atoms with Gasteiger partial charge < -0.3 is 19.7 Å². The first-order valence-electron chi connectivity index (χ1n) is 10.1. The molecule has 1 atom stereocenters. The summed E-state index contributed by atoms with van der Waals surface area (Å²) in [6, 6.07) is 9.49. The minimum absolute atomic E-state index is 0.0610. The third-order valence-electron chi connectivity index (χ3n) is 5.30. The number of carbonyl (C=O) groups is 2. The van der Waals surface area contributed by atoms with E-state index >= 15 is 0 Å². The Morgan fingerprint density at radius 3 is 2.87 bits per heavy atom. The summed E-state index contributed by atoms with van der Waals surface area (Å²) in [5, 5.41) is 6.06. The number of nitrogens with zero attached hydrogens (tertiary/aromatic N) is 2. The Balaban J connectivity index is 1.20. The summed E-state index contributed by atoms with van der Waals surface area (Å²) in [6.45, 7) is 3.80. The van der Waals surface area contributed by atoms with Gasteiger partial charge in [0.25, 0.3) is 0 Å². The standard InChI is InChI=1S/C22H21N3O4S2/c1-13-24-17(12-30-13)20-5-3-16(31-20)10-23-22(27)14-8-21(26)25(11-14)15-2-4-18-19(9-15)29-7-6-28-18/h2-5,9,12,14H,6-8,10-11H2,1H3,(H,23,27). The number of aromatic nitrogens is 1. The van der Waals surface area contributed by atoms with Crippen molar-refractivity contribution in [2.75, 3.05) is 24.7 Å². The van der Waals surface area contributed by atoms with Gasteiger partial charge in [0.15, 0.2) is 11.5 Å². The molecule has 31 heavy (non-hydrogen) atoms. The minimum Gasteiger partial charge on any atom is -0.486 e. The molecule has 1 fully saturated rings. The zero-order valence-corrected chi connectivity index (χ0v) is 18.6. The van der Waals surface area contributed by atoms with Gasteiger partial charge in [0.2, 0.25) is 11.8 Å².